The molecule has 0 bridgehead atoms. The van der Waals surface area contributed by atoms with Gasteiger partial charge in [-0.25, -0.2) is 0 Å². The van der Waals surface area contributed by atoms with Crippen LogP contribution in [0.2, 0.25) is 0 Å². The molecule has 1 fully saturated rings. The molecule has 5 nitrogen and oxygen atoms in total. The van der Waals surface area contributed by atoms with Crippen LogP contribution in [0.1, 0.15) is 46.0 Å². The highest BCUT2D eigenvalue weighted by Crippen LogP contribution is 2.36. The monoisotopic (exact) mass is 242 g/mol. The van der Waals surface area contributed by atoms with Gasteiger partial charge in [-0.2, -0.15) is 0 Å². The molecule has 0 saturated heterocycles. The number of rotatable bonds is 4. The zero-order valence-corrected chi connectivity index (χ0v) is 10.6. The van der Waals surface area contributed by atoms with Gasteiger partial charge in [0.05, 0.1) is 11.0 Å². The lowest BCUT2D eigenvalue weighted by Gasteiger charge is -2.34. The molecule has 0 aromatic heterocycles. The Hall–Kier alpha value is -1.10. The summed E-state index contributed by atoms with van der Waals surface area (Å²) in [6.45, 7) is 3.40. The second-order valence-corrected chi connectivity index (χ2v) is 5.55. The molecule has 98 valence electrons. The van der Waals surface area contributed by atoms with Gasteiger partial charge >= 0.3 is 5.97 Å². The largest absolute Gasteiger partial charge is 0.481 e. The Labute approximate surface area is 102 Å². The molecule has 0 aliphatic heterocycles. The van der Waals surface area contributed by atoms with Gasteiger partial charge in [0.15, 0.2) is 0 Å². The normalized spacial score (nSPS) is 19.7. The summed E-state index contributed by atoms with van der Waals surface area (Å²) in [6, 6.07) is 0. The zero-order valence-electron chi connectivity index (χ0n) is 10.6. The molecule has 1 saturated carbocycles. The van der Waals surface area contributed by atoms with E-state index in [9.17, 15) is 14.7 Å². The van der Waals surface area contributed by atoms with Crippen LogP contribution < -0.4 is 11.1 Å². The fraction of sp³-hybridized carbons (Fsp3) is 0.833. The van der Waals surface area contributed by atoms with Crippen molar-refractivity contribution in [3.63, 3.8) is 0 Å². The van der Waals surface area contributed by atoms with Crippen molar-refractivity contribution in [2.75, 3.05) is 6.54 Å². The molecular formula is C12H22N2O3. The average Bonchev–Trinajstić information content (AvgIpc) is 2.25. The van der Waals surface area contributed by atoms with E-state index < -0.39 is 16.9 Å². The summed E-state index contributed by atoms with van der Waals surface area (Å²) >= 11 is 0. The van der Waals surface area contributed by atoms with Gasteiger partial charge in [-0.1, -0.05) is 19.3 Å². The van der Waals surface area contributed by atoms with Gasteiger partial charge in [-0.3, -0.25) is 9.59 Å². The highest BCUT2D eigenvalue weighted by molar-refractivity contribution is 5.86. The number of carboxylic acid groups (broad SMARTS) is 1. The van der Waals surface area contributed by atoms with Crippen LogP contribution in [0.25, 0.3) is 0 Å². The molecule has 4 N–H and O–H groups in total. The number of aliphatic carboxylic acids is 1. The second-order valence-electron chi connectivity index (χ2n) is 5.55. The van der Waals surface area contributed by atoms with Crippen LogP contribution in [0.5, 0.6) is 0 Å². The number of nitrogens with two attached hydrogens (primary N) is 1. The van der Waals surface area contributed by atoms with E-state index in [0.717, 1.165) is 19.3 Å². The van der Waals surface area contributed by atoms with Crippen molar-refractivity contribution >= 4 is 11.9 Å². The third-order valence-electron chi connectivity index (χ3n) is 3.44. The first-order chi connectivity index (χ1) is 7.78. The van der Waals surface area contributed by atoms with Crippen LogP contribution in [0.4, 0.5) is 0 Å². The highest BCUT2D eigenvalue weighted by atomic mass is 16.4. The first-order valence-corrected chi connectivity index (χ1v) is 6.08. The van der Waals surface area contributed by atoms with E-state index >= 15 is 0 Å². The Morgan fingerprint density at radius 3 is 2.24 bits per heavy atom. The van der Waals surface area contributed by atoms with Crippen LogP contribution in [0.15, 0.2) is 0 Å². The van der Waals surface area contributed by atoms with Crippen molar-refractivity contribution in [1.29, 1.82) is 0 Å². The Balaban J connectivity index is 2.63. The quantitative estimate of drug-likeness (QED) is 0.682. The maximum atomic E-state index is 11.6. The average molecular weight is 242 g/mol. The van der Waals surface area contributed by atoms with Gasteiger partial charge in [-0.15, -0.1) is 0 Å². The molecule has 1 amide bonds. The second kappa shape index (κ2) is 5.04. The molecule has 0 spiro atoms. The van der Waals surface area contributed by atoms with Crippen molar-refractivity contribution < 1.29 is 14.7 Å². The first kappa shape index (κ1) is 14.0. The van der Waals surface area contributed by atoms with Crippen molar-refractivity contribution in [3.8, 4) is 0 Å². The topological polar surface area (TPSA) is 92.4 Å². The molecule has 17 heavy (non-hydrogen) atoms. The predicted molar refractivity (Wildman–Crippen MR) is 64.4 cm³/mol. The van der Waals surface area contributed by atoms with Crippen molar-refractivity contribution in [1.82, 2.24) is 5.32 Å². The summed E-state index contributed by atoms with van der Waals surface area (Å²) in [5.74, 6) is -1.11. The number of nitrogens with one attached hydrogen (secondary N) is 1. The number of carbonyl (C=O) groups excluding carboxylic acids is 1. The summed E-state index contributed by atoms with van der Waals surface area (Å²) in [4.78, 5) is 23.0. The third-order valence-corrected chi connectivity index (χ3v) is 3.44. The van der Waals surface area contributed by atoms with E-state index in [1.54, 1.807) is 13.8 Å². The van der Waals surface area contributed by atoms with E-state index in [1.807, 2.05) is 0 Å². The Kier molecular flexibility index (Phi) is 4.14. The zero-order chi connectivity index (χ0) is 13.1. The van der Waals surface area contributed by atoms with Gasteiger partial charge in [0.2, 0.25) is 5.91 Å². The SMILES string of the molecule is CC(C)(N)C(=O)NCC1(C(=O)O)CCCCC1. The lowest BCUT2D eigenvalue weighted by Crippen LogP contribution is -2.53. The molecule has 1 aliphatic rings. The van der Waals surface area contributed by atoms with Crippen molar-refractivity contribution in [3.05, 3.63) is 0 Å². The van der Waals surface area contributed by atoms with Crippen molar-refractivity contribution in [2.24, 2.45) is 11.1 Å². The van der Waals surface area contributed by atoms with Crippen molar-refractivity contribution in [2.45, 2.75) is 51.5 Å². The van der Waals surface area contributed by atoms with Crippen LogP contribution in [-0.2, 0) is 9.59 Å². The lowest BCUT2D eigenvalue weighted by molar-refractivity contribution is -0.151. The Morgan fingerprint density at radius 1 is 1.29 bits per heavy atom. The van der Waals surface area contributed by atoms with Crippen LogP contribution >= 0.6 is 0 Å². The molecule has 0 heterocycles. The van der Waals surface area contributed by atoms with Crippen LogP contribution in [0, 0.1) is 5.41 Å². The summed E-state index contributed by atoms with van der Waals surface area (Å²) in [5, 5.41) is 12.0. The molecule has 5 heteroatoms. The molecule has 0 atom stereocenters. The van der Waals surface area contributed by atoms with Crippen LogP contribution in [0.3, 0.4) is 0 Å². The molecule has 1 aliphatic carbocycles. The van der Waals surface area contributed by atoms with Crippen LogP contribution in [-0.4, -0.2) is 29.1 Å². The van der Waals surface area contributed by atoms with E-state index in [4.69, 9.17) is 5.73 Å². The smallest absolute Gasteiger partial charge is 0.311 e. The molecule has 0 unspecified atom stereocenters. The number of amides is 1. The Morgan fingerprint density at radius 2 is 1.82 bits per heavy atom. The first-order valence-electron chi connectivity index (χ1n) is 6.08. The minimum absolute atomic E-state index is 0.182. The van der Waals surface area contributed by atoms with E-state index in [-0.39, 0.29) is 12.5 Å². The van der Waals surface area contributed by atoms with Gasteiger partial charge in [-0.05, 0) is 26.7 Å². The molecule has 0 aromatic rings. The predicted octanol–water partition coefficient (Wildman–Crippen LogP) is 0.875. The number of carboxylic acids is 1. The summed E-state index contributed by atoms with van der Waals surface area (Å²) < 4.78 is 0. The van der Waals surface area contributed by atoms with E-state index in [1.165, 1.54) is 0 Å². The number of carbonyl (C=O) groups is 2. The number of hydrogen-bond acceptors (Lipinski definition) is 3. The molecular weight excluding hydrogens is 220 g/mol. The third kappa shape index (κ3) is 3.43. The maximum absolute atomic E-state index is 11.6. The summed E-state index contributed by atoms with van der Waals surface area (Å²) in [7, 11) is 0. The molecule has 0 aromatic carbocycles. The minimum Gasteiger partial charge on any atom is -0.481 e. The minimum atomic E-state index is -0.964. The van der Waals surface area contributed by atoms with Gasteiger partial charge in [0, 0.05) is 6.54 Å². The summed E-state index contributed by atoms with van der Waals surface area (Å²) in [5.41, 5.74) is 3.90. The van der Waals surface area contributed by atoms with Gasteiger partial charge in [0.1, 0.15) is 0 Å². The number of hydrogen-bond donors (Lipinski definition) is 3. The van der Waals surface area contributed by atoms with Gasteiger partial charge in [0.25, 0.3) is 0 Å². The lowest BCUT2D eigenvalue weighted by atomic mass is 9.74. The fourth-order valence-corrected chi connectivity index (χ4v) is 2.17. The maximum Gasteiger partial charge on any atom is 0.311 e. The van der Waals surface area contributed by atoms with Gasteiger partial charge < -0.3 is 16.2 Å². The molecule has 0 radical (unpaired) electrons. The van der Waals surface area contributed by atoms with E-state index in [0.29, 0.717) is 12.8 Å². The Bertz CT molecular complexity index is 301. The fourth-order valence-electron chi connectivity index (χ4n) is 2.17. The van der Waals surface area contributed by atoms with E-state index in [2.05, 4.69) is 5.32 Å². The highest BCUT2D eigenvalue weighted by Gasteiger charge is 2.40. The standard InChI is InChI=1S/C12H22N2O3/c1-11(2,13)9(15)14-8-12(10(16)17)6-4-3-5-7-12/h3-8,13H2,1-2H3,(H,14,15)(H,16,17). The summed E-state index contributed by atoms with van der Waals surface area (Å²) in [6.07, 6.45) is 4.16. The molecule has 1 rings (SSSR count).